The third kappa shape index (κ3) is 5.04. The summed E-state index contributed by atoms with van der Waals surface area (Å²) >= 11 is 5.80. The Morgan fingerprint density at radius 2 is 2.09 bits per heavy atom. The van der Waals surface area contributed by atoms with Crippen molar-refractivity contribution in [1.82, 2.24) is 19.7 Å². The first kappa shape index (κ1) is 17.4. The molecule has 1 fully saturated rings. The third-order valence-electron chi connectivity index (χ3n) is 3.31. The van der Waals surface area contributed by atoms with E-state index in [0.29, 0.717) is 43.5 Å². The van der Waals surface area contributed by atoms with E-state index in [1.165, 1.54) is 0 Å². The van der Waals surface area contributed by atoms with Gasteiger partial charge in [0.15, 0.2) is 5.03 Å². The summed E-state index contributed by atoms with van der Waals surface area (Å²) in [5.74, 6) is 0.759. The molecule has 1 aliphatic heterocycles. The molecule has 0 unspecified atom stereocenters. The van der Waals surface area contributed by atoms with Crippen LogP contribution in [0.25, 0.3) is 0 Å². The van der Waals surface area contributed by atoms with E-state index in [0.717, 1.165) is 5.56 Å². The number of nitrogens with zero attached hydrogens (tertiary/aromatic N) is 6. The Kier molecular flexibility index (Phi) is 5.73. The van der Waals surface area contributed by atoms with Crippen LogP contribution < -0.4 is 0 Å². The van der Waals surface area contributed by atoms with Gasteiger partial charge in [-0.05, 0) is 24.6 Å². The highest BCUT2D eigenvalue weighted by Gasteiger charge is 2.30. The minimum atomic E-state index is -0.638. The first-order chi connectivity index (χ1) is 10.8. The Balaban J connectivity index is 2.25. The van der Waals surface area contributed by atoms with Crippen molar-refractivity contribution in [2.24, 2.45) is 11.0 Å². The largest absolute Gasteiger partial charge is 0.324 e. The minimum Gasteiger partial charge on any atom is -0.324 e. The van der Waals surface area contributed by atoms with Crippen LogP contribution in [0.15, 0.2) is 23.4 Å². The number of hydrogen-bond acceptors (Lipinski definition) is 4. The standard InChI is InChI=1S/C14H21ClN6O2/c1-11(2)7-19-9-18(3)10-20(14(19)17-21(22)23)8-12-4-5-13(15)16-6-12/h4-6,11H,7-10H2,1-3H3/b17-14-. The molecular formula is C14H21ClN6O2. The molecule has 0 atom stereocenters. The molecule has 2 heterocycles. The lowest BCUT2D eigenvalue weighted by Crippen LogP contribution is -2.58. The summed E-state index contributed by atoms with van der Waals surface area (Å²) in [7, 11) is 1.98. The van der Waals surface area contributed by atoms with Gasteiger partial charge in [-0.3, -0.25) is 4.90 Å². The van der Waals surface area contributed by atoms with E-state index in [9.17, 15) is 10.1 Å². The lowest BCUT2D eigenvalue weighted by molar-refractivity contribution is -0.486. The second kappa shape index (κ2) is 7.56. The van der Waals surface area contributed by atoms with Crippen LogP contribution in [-0.2, 0) is 6.54 Å². The predicted octanol–water partition coefficient (Wildman–Crippen LogP) is 1.90. The van der Waals surface area contributed by atoms with Gasteiger partial charge in [-0.25, -0.2) is 15.1 Å². The van der Waals surface area contributed by atoms with Crippen LogP contribution in [0.2, 0.25) is 5.15 Å². The molecule has 2 rings (SSSR count). The molecule has 0 saturated carbocycles. The van der Waals surface area contributed by atoms with Crippen LogP contribution in [0.1, 0.15) is 19.4 Å². The fourth-order valence-electron chi connectivity index (χ4n) is 2.57. The van der Waals surface area contributed by atoms with Crippen molar-refractivity contribution in [3.63, 3.8) is 0 Å². The van der Waals surface area contributed by atoms with Crippen LogP contribution >= 0.6 is 11.6 Å². The maximum Gasteiger partial charge on any atom is 0.276 e. The molecule has 8 nitrogen and oxygen atoms in total. The Bertz CT molecular complexity index is 575. The summed E-state index contributed by atoms with van der Waals surface area (Å²) in [4.78, 5) is 20.9. The van der Waals surface area contributed by atoms with Gasteiger partial charge in [0.1, 0.15) is 10.3 Å². The number of guanidine groups is 1. The molecule has 1 saturated heterocycles. The molecule has 1 aliphatic rings. The SMILES string of the molecule is CC(C)CN1CN(C)CN(Cc2ccc(Cl)nc2)/C1=N\[N+](=O)[O-]. The summed E-state index contributed by atoms with van der Waals surface area (Å²) in [5, 5.41) is 14.3. The van der Waals surface area contributed by atoms with Gasteiger partial charge in [0.25, 0.3) is 5.96 Å². The molecule has 9 heteroatoms. The summed E-state index contributed by atoms with van der Waals surface area (Å²) < 4.78 is 0. The van der Waals surface area contributed by atoms with E-state index < -0.39 is 5.03 Å². The summed E-state index contributed by atoms with van der Waals surface area (Å²) in [6, 6.07) is 3.57. The second-order valence-electron chi connectivity index (χ2n) is 6.08. The van der Waals surface area contributed by atoms with Crippen molar-refractivity contribution in [3.05, 3.63) is 39.2 Å². The molecule has 0 amide bonds. The van der Waals surface area contributed by atoms with E-state index in [2.05, 4.69) is 28.8 Å². The number of rotatable bonds is 5. The number of hydrogen-bond donors (Lipinski definition) is 0. The smallest absolute Gasteiger partial charge is 0.276 e. The molecule has 1 aromatic rings. The zero-order valence-corrected chi connectivity index (χ0v) is 14.3. The molecule has 23 heavy (non-hydrogen) atoms. The molecule has 126 valence electrons. The Labute approximate surface area is 140 Å². The van der Waals surface area contributed by atoms with E-state index in [-0.39, 0.29) is 0 Å². The number of hydrazone groups is 1. The van der Waals surface area contributed by atoms with Crippen molar-refractivity contribution < 1.29 is 5.03 Å². The third-order valence-corrected chi connectivity index (χ3v) is 3.53. The summed E-state index contributed by atoms with van der Waals surface area (Å²) in [6.07, 6.45) is 1.67. The topological polar surface area (TPSA) is 78.1 Å². The highest BCUT2D eigenvalue weighted by Crippen LogP contribution is 2.16. The predicted molar refractivity (Wildman–Crippen MR) is 88.3 cm³/mol. The van der Waals surface area contributed by atoms with Gasteiger partial charge in [-0.2, -0.15) is 0 Å². The Morgan fingerprint density at radius 1 is 1.39 bits per heavy atom. The summed E-state index contributed by atoms with van der Waals surface area (Å²) in [5.41, 5.74) is 0.922. The van der Waals surface area contributed by atoms with Crippen molar-refractivity contribution in [2.45, 2.75) is 20.4 Å². The van der Waals surface area contributed by atoms with Crippen LogP contribution in [0.3, 0.4) is 0 Å². The maximum atomic E-state index is 10.9. The van der Waals surface area contributed by atoms with Crippen LogP contribution in [0, 0.1) is 16.0 Å². The lowest BCUT2D eigenvalue weighted by Gasteiger charge is -2.42. The first-order valence-electron chi connectivity index (χ1n) is 7.37. The quantitative estimate of drug-likeness (QED) is 0.463. The highest BCUT2D eigenvalue weighted by atomic mass is 35.5. The molecule has 1 aromatic heterocycles. The molecule has 0 spiro atoms. The van der Waals surface area contributed by atoms with Gasteiger partial charge < -0.3 is 9.80 Å². The number of pyridine rings is 1. The highest BCUT2D eigenvalue weighted by molar-refractivity contribution is 6.29. The van der Waals surface area contributed by atoms with Gasteiger partial charge in [-0.15, -0.1) is 0 Å². The first-order valence-corrected chi connectivity index (χ1v) is 7.75. The summed E-state index contributed by atoms with van der Waals surface area (Å²) in [6.45, 7) is 6.50. The number of nitro groups is 1. The fraction of sp³-hybridized carbons (Fsp3) is 0.571. The molecule has 0 N–H and O–H groups in total. The van der Waals surface area contributed by atoms with Gasteiger partial charge in [0.05, 0.1) is 13.3 Å². The van der Waals surface area contributed by atoms with E-state index in [4.69, 9.17) is 11.6 Å². The lowest BCUT2D eigenvalue weighted by atomic mass is 10.2. The van der Waals surface area contributed by atoms with Gasteiger partial charge in [0, 0.05) is 19.3 Å². The van der Waals surface area contributed by atoms with Crippen molar-refractivity contribution >= 4 is 17.6 Å². The molecule has 0 aromatic carbocycles. The molecular weight excluding hydrogens is 320 g/mol. The van der Waals surface area contributed by atoms with Gasteiger partial charge >= 0.3 is 0 Å². The van der Waals surface area contributed by atoms with Crippen molar-refractivity contribution in [2.75, 3.05) is 26.9 Å². The molecule has 0 aliphatic carbocycles. The Hall–Kier alpha value is -1.93. The number of halogens is 1. The molecule has 0 radical (unpaired) electrons. The normalized spacial score (nSPS) is 18.0. The van der Waals surface area contributed by atoms with Crippen molar-refractivity contribution in [3.8, 4) is 0 Å². The average Bonchev–Trinajstić information content (AvgIpc) is 2.44. The average molecular weight is 341 g/mol. The van der Waals surface area contributed by atoms with Gasteiger partial charge in [0.2, 0.25) is 0 Å². The van der Waals surface area contributed by atoms with E-state index in [1.807, 2.05) is 22.9 Å². The van der Waals surface area contributed by atoms with Crippen LogP contribution in [0.4, 0.5) is 0 Å². The maximum absolute atomic E-state index is 10.9. The van der Waals surface area contributed by atoms with E-state index >= 15 is 0 Å². The van der Waals surface area contributed by atoms with Crippen LogP contribution in [-0.4, -0.2) is 57.6 Å². The number of aromatic nitrogens is 1. The second-order valence-corrected chi connectivity index (χ2v) is 6.47. The van der Waals surface area contributed by atoms with Crippen molar-refractivity contribution in [1.29, 1.82) is 0 Å². The van der Waals surface area contributed by atoms with Gasteiger partial charge in [-0.1, -0.05) is 31.5 Å². The Morgan fingerprint density at radius 3 is 2.65 bits per heavy atom. The monoisotopic (exact) mass is 340 g/mol. The minimum absolute atomic E-state index is 0.373. The van der Waals surface area contributed by atoms with Crippen LogP contribution in [0.5, 0.6) is 0 Å². The fourth-order valence-corrected chi connectivity index (χ4v) is 2.69. The zero-order valence-electron chi connectivity index (χ0n) is 13.5. The van der Waals surface area contributed by atoms with E-state index in [1.54, 1.807) is 12.3 Å². The zero-order chi connectivity index (χ0) is 17.0. The molecule has 0 bridgehead atoms.